The van der Waals surface area contributed by atoms with Crippen LogP contribution in [0.1, 0.15) is 96.5 Å². The zero-order chi connectivity index (χ0) is 20.1. The molecule has 1 amide bonds. The van der Waals surface area contributed by atoms with Crippen LogP contribution in [-0.2, 0) is 4.79 Å². The number of aryl methyl sites for hydroxylation is 1. The second-order valence-electron chi connectivity index (χ2n) is 7.68. The van der Waals surface area contributed by atoms with Crippen LogP contribution in [0.25, 0.3) is 0 Å². The highest BCUT2D eigenvalue weighted by atomic mass is 35.5. The third kappa shape index (κ3) is 9.01. The quantitative estimate of drug-likeness (QED) is 0.251. The molecule has 0 spiro atoms. The normalized spacial score (nSPS) is 12.1. The Morgan fingerprint density at radius 1 is 0.963 bits per heavy atom. The summed E-state index contributed by atoms with van der Waals surface area (Å²) in [6.07, 6.45) is 13.9. The van der Waals surface area contributed by atoms with Gasteiger partial charge in [-0.3, -0.25) is 4.79 Å². The SMILES string of the molecule is CCCCCCCCC(CCCCCC)C(=O)Nc1ccc(C)c(Cl)c1O. The molecule has 2 N–H and O–H groups in total. The number of phenols is 1. The zero-order valence-corrected chi connectivity index (χ0v) is 18.2. The van der Waals surface area contributed by atoms with Crippen molar-refractivity contribution in [1.82, 2.24) is 0 Å². The van der Waals surface area contributed by atoms with Crippen molar-refractivity contribution in [3.05, 3.63) is 22.7 Å². The molecule has 1 unspecified atom stereocenters. The van der Waals surface area contributed by atoms with E-state index in [1.54, 1.807) is 6.07 Å². The number of rotatable bonds is 14. The number of amides is 1. The Kier molecular flexibility index (Phi) is 12.2. The van der Waals surface area contributed by atoms with Gasteiger partial charge >= 0.3 is 0 Å². The molecule has 0 aliphatic carbocycles. The molecule has 0 aromatic heterocycles. The second-order valence-corrected chi connectivity index (χ2v) is 8.06. The van der Waals surface area contributed by atoms with E-state index in [1.807, 2.05) is 13.0 Å². The third-order valence-corrected chi connectivity index (χ3v) is 5.73. The molecule has 1 aromatic rings. The molecule has 27 heavy (non-hydrogen) atoms. The van der Waals surface area contributed by atoms with E-state index >= 15 is 0 Å². The monoisotopic (exact) mass is 395 g/mol. The van der Waals surface area contributed by atoms with Gasteiger partial charge in [-0.25, -0.2) is 0 Å². The van der Waals surface area contributed by atoms with Crippen molar-refractivity contribution in [2.45, 2.75) is 97.8 Å². The molecule has 0 saturated heterocycles. The maximum Gasteiger partial charge on any atom is 0.227 e. The fraction of sp³-hybridized carbons (Fsp3) is 0.696. The van der Waals surface area contributed by atoms with Crippen molar-refractivity contribution in [3.8, 4) is 5.75 Å². The van der Waals surface area contributed by atoms with Crippen LogP contribution < -0.4 is 5.32 Å². The molecule has 1 aromatic carbocycles. The number of carbonyl (C=O) groups excluding carboxylic acids is 1. The minimum Gasteiger partial charge on any atom is -0.504 e. The highest BCUT2D eigenvalue weighted by molar-refractivity contribution is 6.33. The Balaban J connectivity index is 2.61. The lowest BCUT2D eigenvalue weighted by Gasteiger charge is -2.18. The van der Waals surface area contributed by atoms with Gasteiger partial charge in [0, 0.05) is 5.92 Å². The number of phenolic OH excluding ortho intramolecular Hbond substituents is 1. The Morgan fingerprint density at radius 3 is 2.07 bits per heavy atom. The summed E-state index contributed by atoms with van der Waals surface area (Å²) in [6, 6.07) is 3.55. The first-order valence-electron chi connectivity index (χ1n) is 10.8. The average Bonchev–Trinajstić information content (AvgIpc) is 2.66. The number of nitrogens with one attached hydrogen (secondary N) is 1. The molecule has 0 aliphatic rings. The topological polar surface area (TPSA) is 49.3 Å². The fourth-order valence-electron chi connectivity index (χ4n) is 3.40. The molecule has 1 atom stereocenters. The van der Waals surface area contributed by atoms with Gasteiger partial charge in [0.15, 0.2) is 5.75 Å². The highest BCUT2D eigenvalue weighted by Gasteiger charge is 2.20. The van der Waals surface area contributed by atoms with Crippen LogP contribution in [0.3, 0.4) is 0 Å². The summed E-state index contributed by atoms with van der Waals surface area (Å²) in [5.74, 6) is -0.0166. The number of benzene rings is 1. The molecule has 154 valence electrons. The summed E-state index contributed by atoms with van der Waals surface area (Å²) >= 11 is 6.11. The van der Waals surface area contributed by atoms with Gasteiger partial charge in [0.2, 0.25) is 5.91 Å². The van der Waals surface area contributed by atoms with Gasteiger partial charge in [0.1, 0.15) is 0 Å². The van der Waals surface area contributed by atoms with Crippen molar-refractivity contribution in [1.29, 1.82) is 0 Å². The van der Waals surface area contributed by atoms with Crippen LogP contribution in [0.5, 0.6) is 5.75 Å². The van der Waals surface area contributed by atoms with Crippen LogP contribution in [0, 0.1) is 12.8 Å². The summed E-state index contributed by atoms with van der Waals surface area (Å²) < 4.78 is 0. The summed E-state index contributed by atoms with van der Waals surface area (Å²) in [6.45, 7) is 6.26. The van der Waals surface area contributed by atoms with Gasteiger partial charge in [0.25, 0.3) is 0 Å². The van der Waals surface area contributed by atoms with E-state index in [0.717, 1.165) is 31.2 Å². The number of hydrogen-bond acceptors (Lipinski definition) is 2. The highest BCUT2D eigenvalue weighted by Crippen LogP contribution is 2.35. The van der Waals surface area contributed by atoms with E-state index in [4.69, 9.17) is 11.6 Å². The van der Waals surface area contributed by atoms with Gasteiger partial charge < -0.3 is 10.4 Å². The molecule has 0 bridgehead atoms. The van der Waals surface area contributed by atoms with Crippen molar-refractivity contribution >= 4 is 23.2 Å². The lowest BCUT2D eigenvalue weighted by Crippen LogP contribution is -2.23. The van der Waals surface area contributed by atoms with Crippen LogP contribution in [-0.4, -0.2) is 11.0 Å². The lowest BCUT2D eigenvalue weighted by molar-refractivity contribution is -0.120. The molecule has 0 saturated carbocycles. The van der Waals surface area contributed by atoms with Crippen molar-refractivity contribution in [3.63, 3.8) is 0 Å². The zero-order valence-electron chi connectivity index (χ0n) is 17.5. The summed E-state index contributed by atoms with van der Waals surface area (Å²) in [5.41, 5.74) is 1.22. The van der Waals surface area contributed by atoms with Crippen LogP contribution in [0.4, 0.5) is 5.69 Å². The molecule has 0 aliphatic heterocycles. The molecular formula is C23H38ClNO2. The summed E-state index contributed by atoms with van der Waals surface area (Å²) in [4.78, 5) is 12.8. The number of unbranched alkanes of at least 4 members (excludes halogenated alkanes) is 8. The van der Waals surface area contributed by atoms with Crippen molar-refractivity contribution < 1.29 is 9.90 Å². The van der Waals surface area contributed by atoms with Gasteiger partial charge in [0.05, 0.1) is 10.7 Å². The Morgan fingerprint density at radius 2 is 1.48 bits per heavy atom. The molecule has 0 heterocycles. The molecule has 0 fully saturated rings. The Labute approximate surface area is 170 Å². The molecular weight excluding hydrogens is 358 g/mol. The second kappa shape index (κ2) is 13.9. The molecule has 4 heteroatoms. The number of carbonyl (C=O) groups is 1. The summed E-state index contributed by atoms with van der Waals surface area (Å²) in [5, 5.41) is 13.4. The maximum atomic E-state index is 12.8. The van der Waals surface area contributed by atoms with E-state index < -0.39 is 0 Å². The maximum absolute atomic E-state index is 12.8. The smallest absolute Gasteiger partial charge is 0.227 e. The Bertz CT molecular complexity index is 560. The average molecular weight is 396 g/mol. The van der Waals surface area contributed by atoms with Crippen molar-refractivity contribution in [2.24, 2.45) is 5.92 Å². The Hall–Kier alpha value is -1.22. The van der Waals surface area contributed by atoms with Crippen molar-refractivity contribution in [2.75, 3.05) is 5.32 Å². The first-order valence-corrected chi connectivity index (χ1v) is 11.2. The van der Waals surface area contributed by atoms with E-state index in [1.165, 1.54) is 51.4 Å². The molecule has 1 rings (SSSR count). The van der Waals surface area contributed by atoms with E-state index in [0.29, 0.717) is 10.7 Å². The fourth-order valence-corrected chi connectivity index (χ4v) is 3.56. The van der Waals surface area contributed by atoms with Crippen LogP contribution >= 0.6 is 11.6 Å². The van der Waals surface area contributed by atoms with Gasteiger partial charge in [-0.15, -0.1) is 0 Å². The predicted molar refractivity (Wildman–Crippen MR) is 117 cm³/mol. The van der Waals surface area contributed by atoms with Crippen LogP contribution in [0.15, 0.2) is 12.1 Å². The number of aromatic hydroxyl groups is 1. The number of anilines is 1. The molecule has 0 radical (unpaired) electrons. The summed E-state index contributed by atoms with van der Waals surface area (Å²) in [7, 11) is 0. The first-order chi connectivity index (χ1) is 13.0. The first kappa shape index (κ1) is 23.8. The minimum absolute atomic E-state index is 0.00695. The van der Waals surface area contributed by atoms with Gasteiger partial charge in [-0.05, 0) is 31.4 Å². The predicted octanol–water partition coefficient (Wildman–Crippen LogP) is 7.63. The third-order valence-electron chi connectivity index (χ3n) is 5.25. The largest absolute Gasteiger partial charge is 0.504 e. The number of halogens is 1. The van der Waals surface area contributed by atoms with E-state index in [-0.39, 0.29) is 17.6 Å². The minimum atomic E-state index is -0.0330. The van der Waals surface area contributed by atoms with E-state index in [9.17, 15) is 9.90 Å². The number of hydrogen-bond donors (Lipinski definition) is 2. The van der Waals surface area contributed by atoms with Crippen LogP contribution in [0.2, 0.25) is 5.02 Å². The standard InChI is InChI=1S/C23H38ClNO2/c1-4-6-8-10-11-13-15-19(14-12-9-7-5-2)23(27)25-20-17-16-18(3)21(24)22(20)26/h16-17,19,26H,4-15H2,1-3H3,(H,25,27). The molecule has 3 nitrogen and oxygen atoms in total. The van der Waals surface area contributed by atoms with E-state index in [2.05, 4.69) is 19.2 Å². The van der Waals surface area contributed by atoms with Gasteiger partial charge in [-0.2, -0.15) is 0 Å². The lowest BCUT2D eigenvalue weighted by atomic mass is 9.93. The van der Waals surface area contributed by atoms with Gasteiger partial charge in [-0.1, -0.05) is 95.7 Å².